The highest BCUT2D eigenvalue weighted by Gasteiger charge is 2.35. The second-order valence-corrected chi connectivity index (χ2v) is 11.9. The predicted molar refractivity (Wildman–Crippen MR) is 155 cm³/mol. The van der Waals surface area contributed by atoms with Gasteiger partial charge in [0.25, 0.3) is 15.6 Å². The Morgan fingerprint density at radius 3 is 2.48 bits per heavy atom. The molecule has 224 valence electrons. The van der Waals surface area contributed by atoms with Crippen molar-refractivity contribution >= 4 is 52.3 Å². The van der Waals surface area contributed by atoms with Gasteiger partial charge in [-0.25, -0.2) is 0 Å². The van der Waals surface area contributed by atoms with E-state index in [-0.39, 0.29) is 30.9 Å². The molecule has 2 heterocycles. The topological polar surface area (TPSA) is 80.8 Å². The molecule has 7 nitrogen and oxygen atoms in total. The van der Waals surface area contributed by atoms with Crippen LogP contribution in [0, 0.1) is 0 Å². The minimum Gasteiger partial charge on any atom is -0.497 e. The number of halogens is 6. The van der Waals surface area contributed by atoms with Crippen molar-refractivity contribution in [3.63, 3.8) is 0 Å². The standard InChI is InChI=1S/C29H27Cl3F3N3O4/c1-3-17-4-5-21(36-15-17)7-9-42-24-14-23(41-2)12-19-6-8-38(26(39)25(19)24)16-18-10-20(29(33,34)35)13-22(11-18)37-27(40)28(30,31)32/h4-5,10-15H,3,6-9,16H2,1-2H3,(H,37,40). The lowest BCUT2D eigenvalue weighted by Gasteiger charge is -2.30. The number of methoxy groups -OCH3 is 1. The number of anilines is 1. The summed E-state index contributed by atoms with van der Waals surface area (Å²) in [6.07, 6.45) is -1.11. The molecule has 0 fully saturated rings. The number of hydrogen-bond donors (Lipinski definition) is 1. The van der Waals surface area contributed by atoms with Gasteiger partial charge in [0.1, 0.15) is 11.5 Å². The summed E-state index contributed by atoms with van der Waals surface area (Å²) in [6, 6.07) is 10.2. The minimum atomic E-state index is -4.72. The SMILES string of the molecule is CCc1ccc(CCOc2cc(OC)cc3c2C(=O)N(Cc2cc(NC(=O)C(Cl)(Cl)Cl)cc(C(F)(F)F)c2)CC3)nc1. The molecule has 0 aliphatic carbocycles. The smallest absolute Gasteiger partial charge is 0.416 e. The number of ether oxygens (including phenoxy) is 2. The molecular weight excluding hydrogens is 618 g/mol. The molecule has 0 unspecified atom stereocenters. The summed E-state index contributed by atoms with van der Waals surface area (Å²) in [7, 11) is 1.51. The summed E-state index contributed by atoms with van der Waals surface area (Å²) in [5.74, 6) is -0.705. The lowest BCUT2D eigenvalue weighted by Crippen LogP contribution is -2.37. The summed E-state index contributed by atoms with van der Waals surface area (Å²) in [5.41, 5.74) is 1.84. The van der Waals surface area contributed by atoms with Gasteiger partial charge in [-0.1, -0.05) is 47.8 Å². The molecule has 2 aromatic carbocycles. The molecule has 42 heavy (non-hydrogen) atoms. The number of fused-ring (bicyclic) bond motifs is 1. The molecule has 0 bridgehead atoms. The number of benzene rings is 2. The van der Waals surface area contributed by atoms with Crippen LogP contribution in [-0.2, 0) is 36.8 Å². The van der Waals surface area contributed by atoms with E-state index in [2.05, 4.69) is 10.3 Å². The third kappa shape index (κ3) is 7.79. The number of nitrogens with one attached hydrogen (secondary N) is 1. The van der Waals surface area contributed by atoms with E-state index in [9.17, 15) is 22.8 Å². The number of carbonyl (C=O) groups is 2. The van der Waals surface area contributed by atoms with Gasteiger partial charge in [0.05, 0.1) is 24.8 Å². The molecule has 3 aromatic rings. The van der Waals surface area contributed by atoms with Gasteiger partial charge in [-0.2, -0.15) is 13.2 Å². The highest BCUT2D eigenvalue weighted by atomic mass is 35.6. The quantitative estimate of drug-likeness (QED) is 0.259. The molecule has 2 amide bonds. The highest BCUT2D eigenvalue weighted by molar-refractivity contribution is 6.76. The zero-order valence-electron chi connectivity index (χ0n) is 22.7. The third-order valence-corrected chi connectivity index (χ3v) is 7.18. The van der Waals surface area contributed by atoms with E-state index in [1.165, 1.54) is 18.1 Å². The zero-order valence-corrected chi connectivity index (χ0v) is 24.9. The van der Waals surface area contributed by atoms with Crippen LogP contribution in [0.1, 0.15) is 45.2 Å². The van der Waals surface area contributed by atoms with Crippen LogP contribution in [-0.4, -0.2) is 45.8 Å². The van der Waals surface area contributed by atoms with Crippen LogP contribution >= 0.6 is 34.8 Å². The van der Waals surface area contributed by atoms with E-state index in [0.29, 0.717) is 35.5 Å². The fraction of sp³-hybridized carbons (Fsp3) is 0.345. The Morgan fingerprint density at radius 2 is 1.86 bits per heavy atom. The number of nitrogens with zero attached hydrogens (tertiary/aromatic N) is 2. The molecule has 1 aromatic heterocycles. The maximum atomic E-state index is 13.7. The average molecular weight is 645 g/mol. The molecule has 13 heteroatoms. The first kappa shape index (κ1) is 31.7. The van der Waals surface area contributed by atoms with Crippen LogP contribution in [0.5, 0.6) is 11.5 Å². The van der Waals surface area contributed by atoms with Gasteiger partial charge in [-0.3, -0.25) is 14.6 Å². The van der Waals surface area contributed by atoms with Gasteiger partial charge >= 0.3 is 6.18 Å². The Kier molecular flexibility index (Phi) is 9.80. The van der Waals surface area contributed by atoms with Crippen LogP contribution < -0.4 is 14.8 Å². The predicted octanol–water partition coefficient (Wildman–Crippen LogP) is 6.80. The molecule has 1 aliphatic rings. The number of rotatable bonds is 9. The molecule has 0 radical (unpaired) electrons. The Balaban J connectivity index is 1.57. The van der Waals surface area contributed by atoms with E-state index in [4.69, 9.17) is 44.3 Å². The first-order valence-corrected chi connectivity index (χ1v) is 14.1. The number of aromatic nitrogens is 1. The van der Waals surface area contributed by atoms with Crippen LogP contribution in [0.25, 0.3) is 0 Å². The fourth-order valence-electron chi connectivity index (χ4n) is 4.50. The lowest BCUT2D eigenvalue weighted by molar-refractivity contribution is -0.137. The van der Waals surface area contributed by atoms with Gasteiger partial charge in [0.2, 0.25) is 0 Å². The van der Waals surface area contributed by atoms with Crippen molar-refractivity contribution in [2.24, 2.45) is 0 Å². The molecule has 1 N–H and O–H groups in total. The van der Waals surface area contributed by atoms with Crippen LogP contribution in [0.15, 0.2) is 48.7 Å². The van der Waals surface area contributed by atoms with Crippen molar-refractivity contribution in [1.82, 2.24) is 9.88 Å². The monoisotopic (exact) mass is 643 g/mol. The van der Waals surface area contributed by atoms with E-state index in [1.807, 2.05) is 25.3 Å². The summed E-state index contributed by atoms with van der Waals surface area (Å²) in [6.45, 7) is 2.35. The first-order valence-electron chi connectivity index (χ1n) is 12.9. The molecule has 0 saturated heterocycles. The van der Waals surface area contributed by atoms with E-state index < -0.39 is 27.3 Å². The second-order valence-electron chi connectivity index (χ2n) is 9.61. The maximum Gasteiger partial charge on any atom is 0.416 e. The van der Waals surface area contributed by atoms with Crippen LogP contribution in [0.2, 0.25) is 0 Å². The number of hydrogen-bond acceptors (Lipinski definition) is 5. The van der Waals surface area contributed by atoms with Gasteiger partial charge in [0, 0.05) is 43.2 Å². The van der Waals surface area contributed by atoms with E-state index in [0.717, 1.165) is 29.8 Å². The number of aryl methyl sites for hydroxylation is 1. The number of pyridine rings is 1. The number of carbonyl (C=O) groups excluding carboxylic acids is 2. The Labute approximate surface area is 255 Å². The lowest BCUT2D eigenvalue weighted by atomic mass is 9.96. The molecule has 0 atom stereocenters. The van der Waals surface area contributed by atoms with E-state index >= 15 is 0 Å². The Hall–Kier alpha value is -3.21. The fourth-order valence-corrected chi connectivity index (χ4v) is 4.64. The molecule has 0 spiro atoms. The summed E-state index contributed by atoms with van der Waals surface area (Å²) in [4.78, 5) is 31.6. The second kappa shape index (κ2) is 13.0. The molecule has 1 aliphatic heterocycles. The first-order chi connectivity index (χ1) is 19.8. The average Bonchev–Trinajstić information content (AvgIpc) is 2.93. The summed E-state index contributed by atoms with van der Waals surface area (Å²) in [5, 5.41) is 2.19. The van der Waals surface area contributed by atoms with E-state index in [1.54, 1.807) is 12.1 Å². The van der Waals surface area contributed by atoms with Gasteiger partial charge in [-0.05, 0) is 59.9 Å². The summed E-state index contributed by atoms with van der Waals surface area (Å²) >= 11 is 16.7. The molecule has 4 rings (SSSR count). The minimum absolute atomic E-state index is 0.124. The molecular formula is C29H27Cl3F3N3O4. The molecule has 0 saturated carbocycles. The van der Waals surface area contributed by atoms with Crippen molar-refractivity contribution in [3.8, 4) is 11.5 Å². The largest absolute Gasteiger partial charge is 0.497 e. The van der Waals surface area contributed by atoms with Crippen LogP contribution in [0.3, 0.4) is 0 Å². The van der Waals surface area contributed by atoms with Crippen LogP contribution in [0.4, 0.5) is 18.9 Å². The van der Waals surface area contributed by atoms with Crippen molar-refractivity contribution < 1.29 is 32.2 Å². The van der Waals surface area contributed by atoms with Gasteiger partial charge < -0.3 is 19.7 Å². The van der Waals surface area contributed by atoms with Crippen molar-refractivity contribution in [2.45, 2.75) is 42.7 Å². The highest BCUT2D eigenvalue weighted by Crippen LogP contribution is 2.36. The van der Waals surface area contributed by atoms with Gasteiger partial charge in [0.15, 0.2) is 0 Å². The third-order valence-electron chi connectivity index (χ3n) is 6.66. The van der Waals surface area contributed by atoms with Crippen molar-refractivity contribution in [2.75, 3.05) is 25.6 Å². The summed E-state index contributed by atoms with van der Waals surface area (Å²) < 4.78 is 50.1. The normalized spacial score (nSPS) is 13.5. The van der Waals surface area contributed by atoms with Crippen molar-refractivity contribution in [3.05, 3.63) is 82.2 Å². The zero-order chi connectivity index (χ0) is 30.7. The Morgan fingerprint density at radius 1 is 1.10 bits per heavy atom. The Bertz CT molecular complexity index is 1460. The number of amides is 2. The maximum absolute atomic E-state index is 13.7. The number of alkyl halides is 6. The van der Waals surface area contributed by atoms with Crippen molar-refractivity contribution in [1.29, 1.82) is 0 Å². The van der Waals surface area contributed by atoms with Gasteiger partial charge in [-0.15, -0.1) is 0 Å².